The molecule has 142 valence electrons. The summed E-state index contributed by atoms with van der Waals surface area (Å²) in [5.41, 5.74) is 1.07. The summed E-state index contributed by atoms with van der Waals surface area (Å²) in [6, 6.07) is 15.8. The second-order valence-electron chi connectivity index (χ2n) is 5.97. The summed E-state index contributed by atoms with van der Waals surface area (Å²) in [4.78, 5) is 24.8. The third-order valence-electron chi connectivity index (χ3n) is 3.91. The lowest BCUT2D eigenvalue weighted by molar-refractivity contribution is -0.122. The lowest BCUT2D eigenvalue weighted by Gasteiger charge is -2.15. The molecule has 0 spiro atoms. The first-order valence-electron chi connectivity index (χ1n) is 8.68. The van der Waals surface area contributed by atoms with Crippen LogP contribution >= 0.6 is 11.3 Å². The number of amides is 1. The molecule has 3 rings (SSSR count). The fraction of sp³-hybridized carbons (Fsp3) is 0.190. The number of ether oxygens (including phenoxy) is 2. The number of nitrogens with zero attached hydrogens (tertiary/aromatic N) is 1. The predicted octanol–water partition coefficient (Wildman–Crippen LogP) is 4.36. The Morgan fingerprint density at radius 3 is 2.79 bits per heavy atom. The first kappa shape index (κ1) is 19.4. The maximum Gasteiger partial charge on any atom is 0.348 e. The molecule has 7 heteroatoms. The minimum Gasteiger partial charge on any atom is -0.481 e. The second kappa shape index (κ2) is 8.55. The number of thiophene rings is 1. The van der Waals surface area contributed by atoms with E-state index in [1.54, 1.807) is 56.3 Å². The van der Waals surface area contributed by atoms with Crippen LogP contribution in [0.5, 0.6) is 5.75 Å². The first-order valence-corrected chi connectivity index (χ1v) is 9.50. The van der Waals surface area contributed by atoms with Crippen LogP contribution < -0.4 is 10.1 Å². The second-order valence-corrected chi connectivity index (χ2v) is 7.06. The maximum atomic E-state index is 12.4. The van der Waals surface area contributed by atoms with Crippen LogP contribution in [0, 0.1) is 11.3 Å². The molecule has 3 aromatic rings. The number of carbonyl (C=O) groups excluding carboxylic acids is 2. The minimum absolute atomic E-state index is 0.317. The third kappa shape index (κ3) is 4.48. The maximum absolute atomic E-state index is 12.4. The zero-order valence-electron chi connectivity index (χ0n) is 15.4. The van der Waals surface area contributed by atoms with Gasteiger partial charge in [-0.15, -0.1) is 11.3 Å². The van der Waals surface area contributed by atoms with Crippen molar-refractivity contribution in [1.82, 2.24) is 0 Å². The normalized spacial score (nSPS) is 11.5. The highest BCUT2D eigenvalue weighted by Gasteiger charge is 2.16. The molecule has 28 heavy (non-hydrogen) atoms. The molecule has 0 aliphatic heterocycles. The average molecular weight is 394 g/mol. The molecule has 1 heterocycles. The van der Waals surface area contributed by atoms with Gasteiger partial charge in [0.25, 0.3) is 5.91 Å². The van der Waals surface area contributed by atoms with E-state index >= 15 is 0 Å². The van der Waals surface area contributed by atoms with E-state index in [0.29, 0.717) is 28.5 Å². The van der Waals surface area contributed by atoms with Crippen LogP contribution in [0.15, 0.2) is 48.5 Å². The van der Waals surface area contributed by atoms with Crippen LogP contribution in [0.2, 0.25) is 0 Å². The van der Waals surface area contributed by atoms with E-state index in [1.165, 1.54) is 11.3 Å². The topological polar surface area (TPSA) is 88.4 Å². The van der Waals surface area contributed by atoms with Crippen LogP contribution in [-0.2, 0) is 9.53 Å². The summed E-state index contributed by atoms with van der Waals surface area (Å²) in [5, 5.41) is 12.6. The molecular weight excluding hydrogens is 376 g/mol. The van der Waals surface area contributed by atoms with Gasteiger partial charge in [-0.2, -0.15) is 5.26 Å². The zero-order valence-corrected chi connectivity index (χ0v) is 16.2. The Balaban J connectivity index is 1.69. The van der Waals surface area contributed by atoms with Crippen molar-refractivity contribution in [2.24, 2.45) is 0 Å². The quantitative estimate of drug-likeness (QED) is 0.628. The van der Waals surface area contributed by atoms with Crippen molar-refractivity contribution in [2.45, 2.75) is 20.0 Å². The molecule has 0 aliphatic rings. The van der Waals surface area contributed by atoms with Gasteiger partial charge in [0.2, 0.25) is 0 Å². The van der Waals surface area contributed by atoms with E-state index < -0.39 is 6.10 Å². The van der Waals surface area contributed by atoms with Crippen LogP contribution in [0.1, 0.15) is 29.1 Å². The summed E-state index contributed by atoms with van der Waals surface area (Å²) < 4.78 is 11.6. The number of esters is 1. The number of nitrogens with one attached hydrogen (secondary N) is 1. The Hall–Kier alpha value is -3.37. The number of fused-ring (bicyclic) bond motifs is 1. The van der Waals surface area contributed by atoms with Gasteiger partial charge >= 0.3 is 5.97 Å². The summed E-state index contributed by atoms with van der Waals surface area (Å²) >= 11 is 1.35. The van der Waals surface area contributed by atoms with E-state index in [0.717, 1.165) is 10.1 Å². The highest BCUT2D eigenvalue weighted by atomic mass is 32.1. The van der Waals surface area contributed by atoms with E-state index in [-0.39, 0.29) is 11.9 Å². The molecular formula is C21H18N2O4S. The molecule has 1 aromatic heterocycles. The van der Waals surface area contributed by atoms with Crippen LogP contribution in [0.3, 0.4) is 0 Å². The molecule has 0 radical (unpaired) electrons. The highest BCUT2D eigenvalue weighted by Crippen LogP contribution is 2.29. The van der Waals surface area contributed by atoms with Gasteiger partial charge in [-0.05, 0) is 61.7 Å². The first-order chi connectivity index (χ1) is 13.5. The molecule has 0 fully saturated rings. The number of rotatable bonds is 6. The summed E-state index contributed by atoms with van der Waals surface area (Å²) in [5.74, 6) is -0.215. The van der Waals surface area contributed by atoms with Crippen LogP contribution in [-0.4, -0.2) is 24.6 Å². The van der Waals surface area contributed by atoms with Gasteiger partial charge in [0, 0.05) is 10.4 Å². The van der Waals surface area contributed by atoms with E-state index in [1.807, 2.05) is 12.1 Å². The fourth-order valence-electron chi connectivity index (χ4n) is 2.56. The number of anilines is 1. The average Bonchev–Trinajstić information content (AvgIpc) is 3.12. The van der Waals surface area contributed by atoms with Gasteiger partial charge in [0.1, 0.15) is 10.6 Å². The smallest absolute Gasteiger partial charge is 0.348 e. The van der Waals surface area contributed by atoms with Crippen molar-refractivity contribution in [3.05, 3.63) is 59.0 Å². The van der Waals surface area contributed by atoms with Crippen LogP contribution in [0.4, 0.5) is 5.69 Å². The molecule has 1 amide bonds. The molecule has 0 saturated carbocycles. The van der Waals surface area contributed by atoms with Crippen molar-refractivity contribution in [3.8, 4) is 11.8 Å². The van der Waals surface area contributed by atoms with Crippen molar-refractivity contribution in [2.75, 3.05) is 11.9 Å². The number of hydrogen-bond donors (Lipinski definition) is 1. The lowest BCUT2D eigenvalue weighted by Crippen LogP contribution is -2.30. The van der Waals surface area contributed by atoms with Crippen molar-refractivity contribution < 1.29 is 19.1 Å². The molecule has 0 aliphatic carbocycles. The number of carbonyl (C=O) groups is 2. The van der Waals surface area contributed by atoms with Gasteiger partial charge in [-0.3, -0.25) is 4.79 Å². The summed E-state index contributed by atoms with van der Waals surface area (Å²) in [6.07, 6.45) is -0.748. The van der Waals surface area contributed by atoms with Crippen molar-refractivity contribution >= 4 is 39.0 Å². The van der Waals surface area contributed by atoms with Gasteiger partial charge in [0.15, 0.2) is 6.10 Å². The zero-order chi connectivity index (χ0) is 20.1. The number of nitriles is 1. The van der Waals surface area contributed by atoms with E-state index in [2.05, 4.69) is 5.32 Å². The molecule has 6 nitrogen and oxygen atoms in total. The van der Waals surface area contributed by atoms with Gasteiger partial charge < -0.3 is 14.8 Å². The molecule has 0 saturated heterocycles. The highest BCUT2D eigenvalue weighted by molar-refractivity contribution is 7.20. The standard InChI is InChI=1S/C21H18N2O4S/c1-3-26-21(25)19-11-15-10-16(7-8-18(15)28-19)23-20(24)13(2)27-17-6-4-5-14(9-17)12-22/h4-11,13H,3H2,1-2H3,(H,23,24). The Labute approximate surface area is 166 Å². The third-order valence-corrected chi connectivity index (χ3v) is 5.00. The molecule has 1 unspecified atom stereocenters. The minimum atomic E-state index is -0.748. The molecule has 0 bridgehead atoms. The Morgan fingerprint density at radius 1 is 1.21 bits per heavy atom. The van der Waals surface area contributed by atoms with Gasteiger partial charge in [-0.25, -0.2) is 4.79 Å². The molecule has 2 aromatic carbocycles. The Morgan fingerprint density at radius 2 is 2.04 bits per heavy atom. The summed E-state index contributed by atoms with van der Waals surface area (Å²) in [7, 11) is 0. The molecule has 1 N–H and O–H groups in total. The lowest BCUT2D eigenvalue weighted by atomic mass is 10.2. The van der Waals surface area contributed by atoms with E-state index in [9.17, 15) is 9.59 Å². The Bertz CT molecular complexity index is 1070. The predicted molar refractivity (Wildman–Crippen MR) is 108 cm³/mol. The molecule has 1 atom stereocenters. The Kier molecular flexibility index (Phi) is 5.92. The number of benzene rings is 2. The number of hydrogen-bond acceptors (Lipinski definition) is 6. The van der Waals surface area contributed by atoms with Crippen LogP contribution in [0.25, 0.3) is 10.1 Å². The van der Waals surface area contributed by atoms with Crippen molar-refractivity contribution in [1.29, 1.82) is 5.26 Å². The summed E-state index contributed by atoms with van der Waals surface area (Å²) in [6.45, 7) is 3.72. The van der Waals surface area contributed by atoms with Gasteiger partial charge in [-0.1, -0.05) is 6.07 Å². The SMILES string of the molecule is CCOC(=O)c1cc2cc(NC(=O)C(C)Oc3cccc(C#N)c3)ccc2s1. The van der Waals surface area contributed by atoms with Crippen molar-refractivity contribution in [3.63, 3.8) is 0 Å². The fourth-order valence-corrected chi connectivity index (χ4v) is 3.50. The van der Waals surface area contributed by atoms with Gasteiger partial charge in [0.05, 0.1) is 18.2 Å². The largest absolute Gasteiger partial charge is 0.481 e. The van der Waals surface area contributed by atoms with E-state index in [4.69, 9.17) is 14.7 Å². The monoisotopic (exact) mass is 394 g/mol.